The molecule has 1 amide bonds. The molecule has 0 spiro atoms. The van der Waals surface area contributed by atoms with Gasteiger partial charge in [0.25, 0.3) is 5.91 Å². The highest BCUT2D eigenvalue weighted by Gasteiger charge is 2.13. The summed E-state index contributed by atoms with van der Waals surface area (Å²) in [6.07, 6.45) is 0.247. The molecule has 1 heterocycles. The lowest BCUT2D eigenvalue weighted by atomic mass is 10.1. The van der Waals surface area contributed by atoms with E-state index in [2.05, 4.69) is 15.5 Å². The van der Waals surface area contributed by atoms with Gasteiger partial charge in [0.05, 0.1) is 6.42 Å². The fourth-order valence-electron chi connectivity index (χ4n) is 2.74. The molecule has 0 atom stereocenters. The third kappa shape index (κ3) is 6.15. The fraction of sp³-hybridized carbons (Fsp3) is 0.238. The van der Waals surface area contributed by atoms with Gasteiger partial charge in [0.2, 0.25) is 11.7 Å². The first-order valence-electron chi connectivity index (χ1n) is 9.01. The van der Waals surface area contributed by atoms with E-state index in [1.54, 1.807) is 24.3 Å². The molecule has 29 heavy (non-hydrogen) atoms. The molecule has 150 valence electrons. The van der Waals surface area contributed by atoms with Gasteiger partial charge in [-0.3, -0.25) is 9.59 Å². The normalized spacial score (nSPS) is 10.6. The SMILES string of the molecule is Cc1cc(C)cc(NC(=O)COC(=O)CCc2nc(-c3ccc(Cl)cc3)no2)c1. The van der Waals surface area contributed by atoms with E-state index < -0.39 is 11.9 Å². The minimum absolute atomic E-state index is 0.0269. The topological polar surface area (TPSA) is 94.3 Å². The molecule has 3 aromatic rings. The second-order valence-electron chi connectivity index (χ2n) is 6.60. The Labute approximate surface area is 173 Å². The fourth-order valence-corrected chi connectivity index (χ4v) is 2.87. The van der Waals surface area contributed by atoms with E-state index in [0.717, 1.165) is 16.7 Å². The van der Waals surface area contributed by atoms with Crippen LogP contribution >= 0.6 is 11.6 Å². The number of benzene rings is 2. The van der Waals surface area contributed by atoms with Crippen LogP contribution in [0, 0.1) is 13.8 Å². The highest BCUT2D eigenvalue weighted by atomic mass is 35.5. The Morgan fingerprint density at radius 2 is 1.79 bits per heavy atom. The highest BCUT2D eigenvalue weighted by molar-refractivity contribution is 6.30. The maximum absolute atomic E-state index is 12.0. The van der Waals surface area contributed by atoms with Crippen molar-refractivity contribution in [3.8, 4) is 11.4 Å². The van der Waals surface area contributed by atoms with E-state index in [-0.39, 0.29) is 19.4 Å². The molecule has 8 heteroatoms. The first-order chi connectivity index (χ1) is 13.9. The molecule has 0 saturated heterocycles. The molecular weight excluding hydrogens is 394 g/mol. The smallest absolute Gasteiger partial charge is 0.306 e. The summed E-state index contributed by atoms with van der Waals surface area (Å²) in [6, 6.07) is 12.7. The van der Waals surface area contributed by atoms with Crippen LogP contribution in [-0.4, -0.2) is 28.6 Å². The first-order valence-corrected chi connectivity index (χ1v) is 9.39. The summed E-state index contributed by atoms with van der Waals surface area (Å²) < 4.78 is 10.2. The van der Waals surface area contributed by atoms with Crippen LogP contribution in [0.4, 0.5) is 5.69 Å². The van der Waals surface area contributed by atoms with Crippen LogP contribution in [0.25, 0.3) is 11.4 Å². The molecule has 0 fully saturated rings. The van der Waals surface area contributed by atoms with Gasteiger partial charge in [-0.15, -0.1) is 0 Å². The average Bonchev–Trinajstić information content (AvgIpc) is 3.13. The van der Waals surface area contributed by atoms with Crippen molar-refractivity contribution in [2.75, 3.05) is 11.9 Å². The zero-order valence-electron chi connectivity index (χ0n) is 16.1. The van der Waals surface area contributed by atoms with Gasteiger partial charge in [0, 0.05) is 22.7 Å². The van der Waals surface area contributed by atoms with Crippen LogP contribution in [0.2, 0.25) is 5.02 Å². The molecule has 0 aliphatic rings. The molecule has 7 nitrogen and oxygen atoms in total. The van der Waals surface area contributed by atoms with E-state index in [4.69, 9.17) is 20.9 Å². The number of esters is 1. The molecule has 1 N–H and O–H groups in total. The van der Waals surface area contributed by atoms with Gasteiger partial charge in [-0.1, -0.05) is 22.8 Å². The third-order valence-corrected chi connectivity index (χ3v) is 4.24. The van der Waals surface area contributed by atoms with Crippen molar-refractivity contribution in [2.24, 2.45) is 0 Å². The Kier molecular flexibility index (Phi) is 6.61. The Hall–Kier alpha value is -3.19. The molecule has 0 unspecified atom stereocenters. The van der Waals surface area contributed by atoms with Crippen molar-refractivity contribution >= 4 is 29.2 Å². The Bertz CT molecular complexity index is 995. The van der Waals surface area contributed by atoms with Crippen molar-refractivity contribution in [3.05, 3.63) is 64.5 Å². The minimum Gasteiger partial charge on any atom is -0.456 e. The maximum atomic E-state index is 12.0. The monoisotopic (exact) mass is 413 g/mol. The number of carbonyl (C=O) groups excluding carboxylic acids is 2. The van der Waals surface area contributed by atoms with Gasteiger partial charge in [-0.05, 0) is 61.4 Å². The van der Waals surface area contributed by atoms with Crippen LogP contribution in [0.15, 0.2) is 47.0 Å². The number of hydrogen-bond acceptors (Lipinski definition) is 6. The number of halogens is 1. The summed E-state index contributed by atoms with van der Waals surface area (Å²) in [5.74, 6) is -0.192. The van der Waals surface area contributed by atoms with Gasteiger partial charge in [-0.25, -0.2) is 0 Å². The van der Waals surface area contributed by atoms with Crippen molar-refractivity contribution < 1.29 is 18.8 Å². The quantitative estimate of drug-likeness (QED) is 0.585. The summed E-state index contributed by atoms with van der Waals surface area (Å²) in [4.78, 5) is 28.1. The molecule has 1 aromatic heterocycles. The number of aryl methyl sites for hydroxylation is 3. The van der Waals surface area contributed by atoms with E-state index in [1.807, 2.05) is 32.0 Å². The van der Waals surface area contributed by atoms with Gasteiger partial charge in [0.15, 0.2) is 6.61 Å². The Morgan fingerprint density at radius 3 is 2.48 bits per heavy atom. The molecule has 0 aliphatic heterocycles. The van der Waals surface area contributed by atoms with Crippen molar-refractivity contribution in [1.29, 1.82) is 0 Å². The summed E-state index contributed by atoms with van der Waals surface area (Å²) >= 11 is 5.86. The number of hydrogen-bond donors (Lipinski definition) is 1. The minimum atomic E-state index is -0.521. The predicted octanol–water partition coefficient (Wildman–Crippen LogP) is 4.12. The lowest BCUT2D eigenvalue weighted by Gasteiger charge is -2.08. The molecule has 2 aromatic carbocycles. The number of nitrogens with one attached hydrogen (secondary N) is 1. The number of aromatic nitrogens is 2. The van der Waals surface area contributed by atoms with Crippen LogP contribution in [0.1, 0.15) is 23.4 Å². The number of carbonyl (C=O) groups is 2. The number of anilines is 1. The standard InChI is InChI=1S/C21H20ClN3O4/c1-13-9-14(2)11-17(10-13)23-18(26)12-28-20(27)8-7-19-24-21(25-29-19)15-3-5-16(22)6-4-15/h3-6,9-11H,7-8,12H2,1-2H3,(H,23,26). The summed E-state index contributed by atoms with van der Waals surface area (Å²) in [5, 5.41) is 7.21. The van der Waals surface area contributed by atoms with Crippen LogP contribution in [-0.2, 0) is 20.7 Å². The highest BCUT2D eigenvalue weighted by Crippen LogP contribution is 2.19. The molecule has 3 rings (SSSR count). The predicted molar refractivity (Wildman–Crippen MR) is 109 cm³/mol. The number of amides is 1. The van der Waals surface area contributed by atoms with Gasteiger partial charge in [-0.2, -0.15) is 4.98 Å². The zero-order chi connectivity index (χ0) is 20.8. The van der Waals surface area contributed by atoms with E-state index in [0.29, 0.717) is 22.4 Å². The summed E-state index contributed by atoms with van der Waals surface area (Å²) in [6.45, 7) is 3.53. The molecule has 0 radical (unpaired) electrons. The van der Waals surface area contributed by atoms with Gasteiger partial charge < -0.3 is 14.6 Å². The average molecular weight is 414 g/mol. The maximum Gasteiger partial charge on any atom is 0.306 e. The van der Waals surface area contributed by atoms with E-state index >= 15 is 0 Å². The Morgan fingerprint density at radius 1 is 1.10 bits per heavy atom. The number of nitrogens with zero attached hydrogens (tertiary/aromatic N) is 2. The lowest BCUT2D eigenvalue weighted by molar-refractivity contribution is -0.147. The third-order valence-electron chi connectivity index (χ3n) is 3.98. The second kappa shape index (κ2) is 9.34. The summed E-state index contributed by atoms with van der Waals surface area (Å²) in [7, 11) is 0. The molecule has 0 saturated carbocycles. The van der Waals surface area contributed by atoms with E-state index in [1.165, 1.54) is 0 Å². The largest absolute Gasteiger partial charge is 0.456 e. The summed E-state index contributed by atoms with van der Waals surface area (Å²) in [5.41, 5.74) is 3.50. The molecule has 0 aliphatic carbocycles. The zero-order valence-corrected chi connectivity index (χ0v) is 16.8. The first kappa shape index (κ1) is 20.5. The second-order valence-corrected chi connectivity index (χ2v) is 7.04. The van der Waals surface area contributed by atoms with Crippen LogP contribution < -0.4 is 5.32 Å². The van der Waals surface area contributed by atoms with Crippen molar-refractivity contribution in [3.63, 3.8) is 0 Å². The van der Waals surface area contributed by atoms with Gasteiger partial charge in [0.1, 0.15) is 0 Å². The number of ether oxygens (including phenoxy) is 1. The lowest BCUT2D eigenvalue weighted by Crippen LogP contribution is -2.21. The number of rotatable bonds is 7. The molecular formula is C21H20ClN3O4. The molecule has 0 bridgehead atoms. The van der Waals surface area contributed by atoms with E-state index in [9.17, 15) is 9.59 Å². The van der Waals surface area contributed by atoms with Crippen molar-refractivity contribution in [2.45, 2.75) is 26.7 Å². The van der Waals surface area contributed by atoms with Crippen LogP contribution in [0.5, 0.6) is 0 Å². The van der Waals surface area contributed by atoms with Gasteiger partial charge >= 0.3 is 5.97 Å². The van der Waals surface area contributed by atoms with Crippen molar-refractivity contribution in [1.82, 2.24) is 10.1 Å². The Balaban J connectivity index is 1.44. The van der Waals surface area contributed by atoms with Crippen LogP contribution in [0.3, 0.4) is 0 Å².